The van der Waals surface area contributed by atoms with Gasteiger partial charge in [-0.15, -0.1) is 0 Å². The van der Waals surface area contributed by atoms with Gasteiger partial charge in [-0.05, 0) is 12.1 Å². The highest BCUT2D eigenvalue weighted by molar-refractivity contribution is 5.76. The Morgan fingerprint density at radius 2 is 2.05 bits per heavy atom. The molecule has 0 aliphatic carbocycles. The molecule has 0 radical (unpaired) electrons. The fourth-order valence-corrected chi connectivity index (χ4v) is 1.75. The molecule has 0 saturated heterocycles. The van der Waals surface area contributed by atoms with E-state index in [-0.39, 0.29) is 5.75 Å². The highest BCUT2D eigenvalue weighted by Gasteiger charge is 2.14. The van der Waals surface area contributed by atoms with Crippen LogP contribution in [0, 0.1) is 0 Å². The SMILES string of the molecule is FC(F)Oc1ccccc1-c1nc2ncncc2[nH]1. The lowest BCUT2D eigenvalue weighted by atomic mass is 10.2. The topological polar surface area (TPSA) is 63.7 Å². The highest BCUT2D eigenvalue weighted by Crippen LogP contribution is 2.29. The molecule has 0 aliphatic rings. The van der Waals surface area contributed by atoms with E-state index in [1.807, 2.05) is 0 Å². The maximum Gasteiger partial charge on any atom is 0.387 e. The first kappa shape index (κ1) is 11.5. The fourth-order valence-electron chi connectivity index (χ4n) is 1.75. The van der Waals surface area contributed by atoms with Gasteiger partial charge in [-0.2, -0.15) is 8.78 Å². The second-order valence-electron chi connectivity index (χ2n) is 3.72. The van der Waals surface area contributed by atoms with Gasteiger partial charge in [-0.3, -0.25) is 0 Å². The van der Waals surface area contributed by atoms with Crippen LogP contribution in [0.15, 0.2) is 36.8 Å². The van der Waals surface area contributed by atoms with E-state index < -0.39 is 6.61 Å². The molecule has 0 saturated carbocycles. The number of para-hydroxylation sites is 1. The molecule has 7 heteroatoms. The maximum atomic E-state index is 12.3. The maximum absolute atomic E-state index is 12.3. The molecule has 1 aromatic carbocycles. The predicted octanol–water partition coefficient (Wildman–Crippen LogP) is 2.62. The van der Waals surface area contributed by atoms with Crippen LogP contribution in [-0.2, 0) is 0 Å². The quantitative estimate of drug-likeness (QED) is 0.788. The molecule has 19 heavy (non-hydrogen) atoms. The Balaban J connectivity index is 2.10. The van der Waals surface area contributed by atoms with Crippen molar-refractivity contribution >= 4 is 11.2 Å². The normalized spacial score (nSPS) is 11.1. The molecular formula is C12H8F2N4O. The van der Waals surface area contributed by atoms with Crippen LogP contribution in [0.4, 0.5) is 8.78 Å². The summed E-state index contributed by atoms with van der Waals surface area (Å²) in [5.74, 6) is 0.469. The van der Waals surface area contributed by atoms with Crippen LogP contribution in [0.5, 0.6) is 5.75 Å². The fraction of sp³-hybridized carbons (Fsp3) is 0.0833. The van der Waals surface area contributed by atoms with Crippen LogP contribution in [-0.4, -0.2) is 26.5 Å². The van der Waals surface area contributed by atoms with Crippen molar-refractivity contribution in [2.24, 2.45) is 0 Å². The molecule has 2 heterocycles. The summed E-state index contributed by atoms with van der Waals surface area (Å²) in [5.41, 5.74) is 1.54. The van der Waals surface area contributed by atoms with E-state index in [9.17, 15) is 8.78 Å². The Bertz CT molecular complexity index is 681. The molecule has 0 aliphatic heterocycles. The van der Waals surface area contributed by atoms with Gasteiger partial charge in [0.2, 0.25) is 0 Å². The minimum absolute atomic E-state index is 0.0597. The van der Waals surface area contributed by atoms with Crippen molar-refractivity contribution in [3.05, 3.63) is 36.8 Å². The number of hydrogen-bond donors (Lipinski definition) is 1. The largest absolute Gasteiger partial charge is 0.434 e. The third-order valence-corrected chi connectivity index (χ3v) is 2.52. The number of rotatable bonds is 3. The molecule has 0 bridgehead atoms. The van der Waals surface area contributed by atoms with Crippen LogP contribution in [0.2, 0.25) is 0 Å². The molecule has 96 valence electrons. The van der Waals surface area contributed by atoms with E-state index >= 15 is 0 Å². The molecule has 0 spiro atoms. The molecule has 0 unspecified atom stereocenters. The number of H-pyrrole nitrogens is 1. The summed E-state index contributed by atoms with van der Waals surface area (Å²) in [5, 5.41) is 0. The number of aromatic amines is 1. The second-order valence-corrected chi connectivity index (χ2v) is 3.72. The van der Waals surface area contributed by atoms with E-state index in [1.54, 1.807) is 24.4 Å². The molecule has 0 fully saturated rings. The van der Waals surface area contributed by atoms with Gasteiger partial charge in [-0.25, -0.2) is 15.0 Å². The molecular weight excluding hydrogens is 254 g/mol. The number of ether oxygens (including phenoxy) is 1. The Kier molecular flexibility index (Phi) is 2.79. The second kappa shape index (κ2) is 4.60. The number of hydrogen-bond acceptors (Lipinski definition) is 4. The van der Waals surface area contributed by atoms with Crippen LogP contribution >= 0.6 is 0 Å². The zero-order valence-electron chi connectivity index (χ0n) is 9.55. The number of halogens is 2. The molecule has 1 N–H and O–H groups in total. The number of benzene rings is 1. The van der Waals surface area contributed by atoms with E-state index in [0.29, 0.717) is 22.6 Å². The van der Waals surface area contributed by atoms with Gasteiger partial charge in [0.25, 0.3) is 0 Å². The van der Waals surface area contributed by atoms with Crippen molar-refractivity contribution in [3.8, 4) is 17.1 Å². The predicted molar refractivity (Wildman–Crippen MR) is 63.8 cm³/mol. The number of nitrogens with zero attached hydrogens (tertiary/aromatic N) is 3. The minimum Gasteiger partial charge on any atom is -0.434 e. The summed E-state index contributed by atoms with van der Waals surface area (Å²) in [7, 11) is 0. The molecule has 2 aromatic heterocycles. The van der Waals surface area contributed by atoms with Crippen LogP contribution < -0.4 is 4.74 Å². The number of fused-ring (bicyclic) bond motifs is 1. The summed E-state index contributed by atoms with van der Waals surface area (Å²) in [6.45, 7) is -2.88. The van der Waals surface area contributed by atoms with Crippen molar-refractivity contribution in [1.29, 1.82) is 0 Å². The summed E-state index contributed by atoms with van der Waals surface area (Å²) in [4.78, 5) is 15.0. The zero-order chi connectivity index (χ0) is 13.2. The summed E-state index contributed by atoms with van der Waals surface area (Å²) >= 11 is 0. The Hall–Kier alpha value is -2.57. The Morgan fingerprint density at radius 3 is 2.84 bits per heavy atom. The first-order chi connectivity index (χ1) is 9.24. The third-order valence-electron chi connectivity index (χ3n) is 2.52. The van der Waals surface area contributed by atoms with Crippen molar-refractivity contribution < 1.29 is 13.5 Å². The van der Waals surface area contributed by atoms with E-state index in [1.165, 1.54) is 12.4 Å². The molecule has 0 amide bonds. The van der Waals surface area contributed by atoms with Gasteiger partial charge in [0, 0.05) is 0 Å². The summed E-state index contributed by atoms with van der Waals surface area (Å²) in [6.07, 6.45) is 2.93. The number of nitrogens with one attached hydrogen (secondary N) is 1. The molecule has 0 atom stereocenters. The van der Waals surface area contributed by atoms with Crippen molar-refractivity contribution in [1.82, 2.24) is 19.9 Å². The van der Waals surface area contributed by atoms with Gasteiger partial charge >= 0.3 is 6.61 Å². The van der Waals surface area contributed by atoms with Gasteiger partial charge in [0.1, 0.15) is 23.4 Å². The molecule has 3 aromatic rings. The average Bonchev–Trinajstić information content (AvgIpc) is 2.82. The Morgan fingerprint density at radius 1 is 1.21 bits per heavy atom. The smallest absolute Gasteiger partial charge is 0.387 e. The first-order valence-corrected chi connectivity index (χ1v) is 5.44. The number of aromatic nitrogens is 4. The van der Waals surface area contributed by atoms with Crippen LogP contribution in [0.1, 0.15) is 0 Å². The standard InChI is InChI=1S/C12H8F2N4O/c13-12(14)19-9-4-2-1-3-7(9)10-17-8-5-15-6-16-11(8)18-10/h1-6,12H,(H,15,16,17,18). The highest BCUT2D eigenvalue weighted by atomic mass is 19.3. The first-order valence-electron chi connectivity index (χ1n) is 5.44. The lowest BCUT2D eigenvalue weighted by molar-refractivity contribution is -0.0494. The van der Waals surface area contributed by atoms with Crippen molar-refractivity contribution in [2.45, 2.75) is 6.61 Å². The Labute approximate surface area is 106 Å². The summed E-state index contributed by atoms with van der Waals surface area (Å²) < 4.78 is 29.2. The van der Waals surface area contributed by atoms with Crippen molar-refractivity contribution in [2.75, 3.05) is 0 Å². The minimum atomic E-state index is -2.88. The lowest BCUT2D eigenvalue weighted by Gasteiger charge is -2.08. The third kappa shape index (κ3) is 2.22. The van der Waals surface area contributed by atoms with Gasteiger partial charge in [-0.1, -0.05) is 12.1 Å². The zero-order valence-corrected chi connectivity index (χ0v) is 9.55. The monoisotopic (exact) mass is 262 g/mol. The van der Waals surface area contributed by atoms with E-state index in [4.69, 9.17) is 0 Å². The van der Waals surface area contributed by atoms with Gasteiger partial charge in [0.15, 0.2) is 5.65 Å². The van der Waals surface area contributed by atoms with E-state index in [2.05, 4.69) is 24.7 Å². The lowest BCUT2D eigenvalue weighted by Crippen LogP contribution is -2.03. The van der Waals surface area contributed by atoms with Gasteiger partial charge < -0.3 is 9.72 Å². The number of imidazole rings is 1. The van der Waals surface area contributed by atoms with Gasteiger partial charge in [0.05, 0.1) is 11.8 Å². The number of alkyl halides is 2. The summed E-state index contributed by atoms with van der Waals surface area (Å²) in [6, 6.07) is 6.43. The molecule has 3 rings (SSSR count). The molecule has 5 nitrogen and oxygen atoms in total. The average molecular weight is 262 g/mol. The van der Waals surface area contributed by atoms with E-state index in [0.717, 1.165) is 0 Å². The van der Waals surface area contributed by atoms with Crippen molar-refractivity contribution in [3.63, 3.8) is 0 Å². The van der Waals surface area contributed by atoms with Crippen LogP contribution in [0.25, 0.3) is 22.6 Å². The van der Waals surface area contributed by atoms with Crippen LogP contribution in [0.3, 0.4) is 0 Å².